The Morgan fingerprint density at radius 2 is 1.26 bits per heavy atom. The van der Waals surface area contributed by atoms with Gasteiger partial charge in [-0.15, -0.1) is 0 Å². The minimum Gasteiger partial charge on any atom is -0.460 e. The van der Waals surface area contributed by atoms with Crippen molar-refractivity contribution in [2.24, 2.45) is 29.6 Å². The summed E-state index contributed by atoms with van der Waals surface area (Å²) in [5.74, 6) is -6.59. The first-order valence-electron chi connectivity index (χ1n) is 47.5. The molecule has 8 N–H and O–H groups in total. The number of rotatable bonds is 49. The Bertz CT molecular complexity index is 4350. The van der Waals surface area contributed by atoms with Crippen LogP contribution in [0.3, 0.4) is 0 Å². The number of allylic oxidation sites excluding steroid dienone is 6. The number of carbonyl (C=O) groups is 7. The maximum absolute atomic E-state index is 14.5. The van der Waals surface area contributed by atoms with Gasteiger partial charge in [0.2, 0.25) is 11.7 Å². The van der Waals surface area contributed by atoms with Crippen molar-refractivity contribution >= 4 is 69.6 Å². The minimum absolute atomic E-state index is 0.0486. The number of cyclic esters (lactones) is 1. The lowest BCUT2D eigenvalue weighted by Crippen LogP contribution is -2.60. The molecule has 5 aliphatic rings. The molecule has 2 saturated heterocycles. The fraction of sp³-hybridized carbons (Fsp3) is 0.663. The molecule has 35 heteroatoms. The van der Waals surface area contributed by atoms with Crippen molar-refractivity contribution in [3.05, 3.63) is 124 Å². The Hall–Kier alpha value is -8.73. The van der Waals surface area contributed by atoms with Gasteiger partial charge >= 0.3 is 12.1 Å². The molecule has 738 valence electrons. The van der Waals surface area contributed by atoms with Crippen LogP contribution < -0.4 is 16.4 Å². The summed E-state index contributed by atoms with van der Waals surface area (Å²) in [7, 11) is 1.58. The number of Topliss-reactive ketones (excluding diaryl/α,β-unsaturated/α-hetero) is 3. The number of fused-ring (bicyclic) bond motifs is 5. The molecule has 0 radical (unpaired) electrons. The second kappa shape index (κ2) is 60.0. The SMILES string of the molecule is CO[C@H]1C[C@@H]2CC[C@@H](C)[C@@](O)(O2)C(=O)C(=O)N2CCCC[C@H]2C(=O)O[C@H](CCC2CCC(OC(=O)NCCOCCOCCOCCOCCOCCOCCOCCOCCOCCOCCOCCOCCC(=O)N3CCc4cc(CNc5ncnc(N)c5C(=N)c5cnc6[nH]ccc6c5)ccc4C3)CC2)CC(=O)[C@H](C)/C=C(\C)[C@@H](O)CC(=O)[C@H](C)C[C@H](C)/C=C/C=C/C=C/1C. The number of ketones is 3. The number of pyridine rings is 1. The van der Waals surface area contributed by atoms with Crippen LogP contribution in [-0.4, -0.2) is 315 Å². The number of esters is 1. The number of aromatic nitrogens is 4. The molecule has 0 spiro atoms. The van der Waals surface area contributed by atoms with E-state index in [1.54, 1.807) is 46.4 Å². The molecule has 10 atom stereocenters. The van der Waals surface area contributed by atoms with Gasteiger partial charge in [-0.2, -0.15) is 0 Å². The molecule has 3 aromatic heterocycles. The highest BCUT2D eigenvalue weighted by Gasteiger charge is 2.53. The zero-order chi connectivity index (χ0) is 95.0. The number of methoxy groups -OCH3 is 1. The van der Waals surface area contributed by atoms with E-state index in [1.165, 1.54) is 16.8 Å². The lowest BCUT2D eigenvalue weighted by atomic mass is 9.83. The third-order valence-electron chi connectivity index (χ3n) is 24.7. The average molecular weight is 1860 g/mol. The van der Waals surface area contributed by atoms with Gasteiger partial charge < -0.3 is 117 Å². The molecular formula is C98H146N10O25. The average Bonchev–Trinajstić information content (AvgIpc) is 1.59. The summed E-state index contributed by atoms with van der Waals surface area (Å²) in [6.07, 6.45) is 19.5. The number of nitrogens with one attached hydrogen (secondary N) is 4. The van der Waals surface area contributed by atoms with Crippen LogP contribution in [0.15, 0.2) is 96.7 Å². The number of nitrogen functional groups attached to an aromatic ring is 1. The molecule has 9 rings (SSSR count). The molecule has 1 saturated carbocycles. The number of nitrogens with zero attached hydrogens (tertiary/aromatic N) is 5. The highest BCUT2D eigenvalue weighted by molar-refractivity contribution is 6.39. The zero-order valence-electron chi connectivity index (χ0n) is 79.1. The third kappa shape index (κ3) is 37.7. The number of carbonyl (C=O) groups excluding carboxylic acids is 7. The summed E-state index contributed by atoms with van der Waals surface area (Å²) in [6.45, 7) is 22.4. The Balaban J connectivity index is 0.515. The van der Waals surface area contributed by atoms with Gasteiger partial charge in [0.15, 0.2) is 0 Å². The molecule has 133 heavy (non-hydrogen) atoms. The van der Waals surface area contributed by atoms with E-state index in [-0.39, 0.29) is 98.2 Å². The van der Waals surface area contributed by atoms with Crippen LogP contribution in [0, 0.1) is 35.0 Å². The molecular weight excluding hydrogens is 1720 g/mol. The van der Waals surface area contributed by atoms with Crippen molar-refractivity contribution in [1.29, 1.82) is 5.41 Å². The van der Waals surface area contributed by atoms with Gasteiger partial charge in [-0.25, -0.2) is 24.5 Å². The maximum atomic E-state index is 14.5. The minimum atomic E-state index is -2.45. The lowest BCUT2D eigenvalue weighted by molar-refractivity contribution is -0.265. The Morgan fingerprint density at radius 3 is 1.88 bits per heavy atom. The number of alkyl carbamates (subject to hydrolysis) is 1. The van der Waals surface area contributed by atoms with Crippen LogP contribution in [0.1, 0.15) is 172 Å². The predicted molar refractivity (Wildman–Crippen MR) is 496 cm³/mol. The van der Waals surface area contributed by atoms with E-state index in [9.17, 15) is 43.8 Å². The van der Waals surface area contributed by atoms with Gasteiger partial charge in [-0.3, -0.25) is 29.4 Å². The number of H-pyrrole nitrogens is 1. The van der Waals surface area contributed by atoms with Gasteiger partial charge in [0, 0.05) is 100 Å². The summed E-state index contributed by atoms with van der Waals surface area (Å²) in [4.78, 5) is 116. The number of nitrogens with two attached hydrogens (primary N) is 1. The number of piperidine rings is 1. The van der Waals surface area contributed by atoms with Gasteiger partial charge in [-0.05, 0) is 149 Å². The monoisotopic (exact) mass is 1860 g/mol. The van der Waals surface area contributed by atoms with E-state index in [4.69, 9.17) is 86.9 Å². The molecule has 7 heterocycles. The van der Waals surface area contributed by atoms with Gasteiger partial charge in [0.25, 0.3) is 11.7 Å². The van der Waals surface area contributed by atoms with Crippen molar-refractivity contribution in [2.45, 2.75) is 206 Å². The number of aliphatic hydroxyl groups is 2. The number of aromatic amines is 1. The van der Waals surface area contributed by atoms with E-state index < -0.39 is 71.8 Å². The first kappa shape index (κ1) is 108. The van der Waals surface area contributed by atoms with Crippen LogP contribution in [0.2, 0.25) is 0 Å². The highest BCUT2D eigenvalue weighted by Crippen LogP contribution is 2.38. The first-order valence-corrected chi connectivity index (χ1v) is 47.5. The third-order valence-corrected chi connectivity index (χ3v) is 24.7. The smallest absolute Gasteiger partial charge is 0.407 e. The lowest BCUT2D eigenvalue weighted by Gasteiger charge is -2.42. The maximum Gasteiger partial charge on any atom is 0.407 e. The quantitative estimate of drug-likeness (QED) is 0.00710. The van der Waals surface area contributed by atoms with Crippen molar-refractivity contribution in [2.75, 3.05) is 196 Å². The van der Waals surface area contributed by atoms with Crippen molar-refractivity contribution < 1.29 is 120 Å². The topological polar surface area (TPSA) is 442 Å². The van der Waals surface area contributed by atoms with Crippen LogP contribution in [0.5, 0.6) is 0 Å². The van der Waals surface area contributed by atoms with E-state index in [0.29, 0.717) is 258 Å². The Morgan fingerprint density at radius 1 is 0.654 bits per heavy atom. The van der Waals surface area contributed by atoms with E-state index >= 15 is 0 Å². The number of anilines is 2. The van der Waals surface area contributed by atoms with Gasteiger partial charge in [0.05, 0.1) is 195 Å². The van der Waals surface area contributed by atoms with Gasteiger partial charge in [-0.1, -0.05) is 82.4 Å². The summed E-state index contributed by atoms with van der Waals surface area (Å²) in [6, 6.07) is 8.88. The standard InChI is InChI=1S/C98H146N10O25/c1-68-13-9-8-10-14-69(2)87(118-7)62-82-22-16-73(6)98(117,133-82)91(113)95(114)108-31-12-11-15-83(108)96(115)131-81(61-84(109)71(4)58-72(5)86(111)63-85(110)70(3)57-68)25-20-74-18-23-80(24-19-74)132-97(116)102-30-34-120-36-38-122-40-42-124-44-46-126-48-50-128-52-54-130-56-55-129-53-51-127-49-47-125-45-43-123-41-39-121-37-35-119-33-28-88(112)107-32-27-76-59-75(17-21-78(76)66-107)64-103-94-89(92(100)105-67-106-94)90(99)79-60-77-26-29-101-93(77)104-65-79/h8-10,13-14,17,21,26,29,58-60,65,67-68,70-71,73-74,80-83,86-87,99,111,117H,11-12,15-16,18-20,22-25,27-28,30-57,61-64,66H2,1-7H3,(H,101,104)(H,102,116)(H3,100,103,105,106)/b10-8+,13-9+,69-14+,72-58+,99-90?/t68-,70-,71-,73-,74?,80?,81-,82+,83+,86+,87+,98-/m1/s1. The van der Waals surface area contributed by atoms with E-state index in [1.807, 2.05) is 74.3 Å². The van der Waals surface area contributed by atoms with Crippen LogP contribution in [0.25, 0.3) is 11.0 Å². The first-order chi connectivity index (χ1) is 64.5. The molecule has 1 aliphatic carbocycles. The van der Waals surface area contributed by atoms with Crippen LogP contribution in [-0.2, 0) is 124 Å². The summed E-state index contributed by atoms with van der Waals surface area (Å²) in [5.41, 5.74) is 12.9. The number of hydrogen-bond acceptors (Lipinski definition) is 31. The molecule has 3 fully saturated rings. The normalized spacial score (nSPS) is 24.8. The molecule has 4 aromatic rings. The van der Waals surface area contributed by atoms with Crippen molar-refractivity contribution in [1.82, 2.24) is 35.1 Å². The van der Waals surface area contributed by atoms with Crippen molar-refractivity contribution in [3.63, 3.8) is 0 Å². The molecule has 35 nitrogen and oxygen atoms in total. The Kier molecular flexibility index (Phi) is 48.7. The van der Waals surface area contributed by atoms with Crippen LogP contribution in [0.4, 0.5) is 16.4 Å². The highest BCUT2D eigenvalue weighted by atomic mass is 16.6. The molecule has 0 unspecified atom stereocenters. The number of aliphatic hydroxyl groups excluding tert-OH is 1. The zero-order valence-corrected chi connectivity index (χ0v) is 79.1. The number of hydrogen-bond donors (Lipinski definition) is 7. The van der Waals surface area contributed by atoms with Crippen LogP contribution >= 0.6 is 0 Å². The Labute approximate surface area is 782 Å². The fourth-order valence-corrected chi connectivity index (χ4v) is 16.7. The number of ether oxygens (including phenoxy) is 16. The second-order valence-corrected chi connectivity index (χ2v) is 34.8. The second-order valence-electron chi connectivity index (χ2n) is 34.8. The van der Waals surface area contributed by atoms with E-state index in [2.05, 4.69) is 42.7 Å². The predicted octanol–water partition coefficient (Wildman–Crippen LogP) is 9.87. The molecule has 1 aromatic carbocycles. The van der Waals surface area contributed by atoms with Crippen molar-refractivity contribution in [3.8, 4) is 0 Å². The summed E-state index contributed by atoms with van der Waals surface area (Å²) < 4.78 is 91.3. The largest absolute Gasteiger partial charge is 0.460 e. The summed E-state index contributed by atoms with van der Waals surface area (Å²) in [5, 5.41) is 39.2. The molecule has 2 bridgehead atoms. The molecule has 4 aliphatic heterocycles. The number of amides is 3. The molecule has 3 amide bonds. The van der Waals surface area contributed by atoms with Gasteiger partial charge in [0.1, 0.15) is 53.4 Å². The fourth-order valence-electron chi connectivity index (χ4n) is 16.7. The number of benzene rings is 1. The van der Waals surface area contributed by atoms with E-state index in [0.717, 1.165) is 47.0 Å². The summed E-state index contributed by atoms with van der Waals surface area (Å²) >= 11 is 0.